The van der Waals surface area contributed by atoms with Crippen LogP contribution in [0.3, 0.4) is 0 Å². The van der Waals surface area contributed by atoms with E-state index in [-0.39, 0.29) is 0 Å². The molecule has 1 heteroatoms. The summed E-state index contributed by atoms with van der Waals surface area (Å²) in [5, 5.41) is 0. The van der Waals surface area contributed by atoms with Gasteiger partial charge < -0.3 is 0 Å². The third kappa shape index (κ3) is 18.3. The highest BCUT2D eigenvalue weighted by molar-refractivity contribution is 14.1. The van der Waals surface area contributed by atoms with Crippen LogP contribution in [-0.4, -0.2) is 0 Å². The molecule has 0 aromatic heterocycles. The Labute approximate surface area is 135 Å². The first-order valence-electron chi connectivity index (χ1n) is 8.50. The Morgan fingerprint density at radius 2 is 0.947 bits per heavy atom. The fourth-order valence-corrected chi connectivity index (χ4v) is 2.72. The molecule has 0 atom stereocenters. The van der Waals surface area contributed by atoms with Crippen LogP contribution >= 0.6 is 22.6 Å². The summed E-state index contributed by atoms with van der Waals surface area (Å²) in [7, 11) is 0. The lowest BCUT2D eigenvalue weighted by atomic mass is 10.0. The number of unbranched alkanes of at least 4 members (excludes halogenated alkanes) is 14. The second-order valence-corrected chi connectivity index (χ2v) is 6.16. The molecule has 112 valence electrons. The molecule has 0 aromatic carbocycles. The van der Waals surface area contributed by atoms with Gasteiger partial charge in [-0.2, -0.15) is 0 Å². The van der Waals surface area contributed by atoms with Gasteiger partial charge in [0.1, 0.15) is 0 Å². The summed E-state index contributed by atoms with van der Waals surface area (Å²) in [6, 6.07) is 0. The van der Waals surface area contributed by atoms with E-state index in [9.17, 15) is 0 Å². The van der Waals surface area contributed by atoms with Gasteiger partial charge in [-0.1, -0.05) is 96.3 Å². The summed E-state index contributed by atoms with van der Waals surface area (Å²) in [4.78, 5) is 0. The summed E-state index contributed by atoms with van der Waals surface area (Å²) in [6.07, 6.45) is 21.1. The Hall–Kier alpha value is 0.290. The molecule has 0 rings (SSSR count). The maximum Gasteiger partial charge on any atom is 0.0181 e. The van der Waals surface area contributed by atoms with E-state index in [1.165, 1.54) is 89.9 Å². The highest BCUT2D eigenvalue weighted by atomic mass is 127. The van der Waals surface area contributed by atoms with E-state index in [0.29, 0.717) is 0 Å². The average Bonchev–Trinajstić information content (AvgIpc) is 2.43. The molecule has 0 saturated carbocycles. The van der Waals surface area contributed by atoms with Gasteiger partial charge in [0.25, 0.3) is 0 Å². The fraction of sp³-hybridized carbons (Fsp3) is 0.889. The molecule has 0 aliphatic rings. The van der Waals surface area contributed by atoms with Crippen LogP contribution in [0, 0.1) is 9.85 Å². The maximum atomic E-state index is 3.13. The molecule has 0 spiro atoms. The molecule has 19 heavy (non-hydrogen) atoms. The summed E-state index contributed by atoms with van der Waals surface area (Å²) >= 11 is 2.13. The Bertz CT molecular complexity index is 211. The molecule has 0 aliphatic carbocycles. The predicted molar refractivity (Wildman–Crippen MR) is 96.7 cm³/mol. The van der Waals surface area contributed by atoms with Crippen molar-refractivity contribution in [3.63, 3.8) is 0 Å². The topological polar surface area (TPSA) is 0 Å². The fourth-order valence-electron chi connectivity index (χ4n) is 2.46. The first-order valence-corrected chi connectivity index (χ1v) is 9.58. The lowest BCUT2D eigenvalue weighted by Crippen LogP contribution is -1.83. The number of hydrogen-bond acceptors (Lipinski definition) is 0. The second-order valence-electron chi connectivity index (χ2n) is 5.62. The van der Waals surface area contributed by atoms with Crippen LogP contribution in [-0.2, 0) is 0 Å². The van der Waals surface area contributed by atoms with E-state index >= 15 is 0 Å². The van der Waals surface area contributed by atoms with Crippen molar-refractivity contribution in [3.8, 4) is 9.85 Å². The Morgan fingerprint density at radius 1 is 0.579 bits per heavy atom. The summed E-state index contributed by atoms with van der Waals surface area (Å²) in [6.45, 7) is 2.29. The summed E-state index contributed by atoms with van der Waals surface area (Å²) in [5.41, 5.74) is 0. The average molecular weight is 376 g/mol. The van der Waals surface area contributed by atoms with Crippen molar-refractivity contribution in [3.05, 3.63) is 0 Å². The number of hydrogen-bond donors (Lipinski definition) is 0. The smallest absolute Gasteiger partial charge is 0.0181 e. The van der Waals surface area contributed by atoms with Crippen LogP contribution in [0.25, 0.3) is 0 Å². The van der Waals surface area contributed by atoms with E-state index in [1.54, 1.807) is 0 Å². The lowest BCUT2D eigenvalue weighted by Gasteiger charge is -2.02. The quantitative estimate of drug-likeness (QED) is 0.170. The molecule has 0 fully saturated rings. The molecular weight excluding hydrogens is 343 g/mol. The van der Waals surface area contributed by atoms with Gasteiger partial charge in [-0.3, -0.25) is 0 Å². The van der Waals surface area contributed by atoms with E-state index in [1.807, 2.05) is 0 Å². The van der Waals surface area contributed by atoms with E-state index in [2.05, 4.69) is 39.4 Å². The zero-order valence-electron chi connectivity index (χ0n) is 13.0. The molecular formula is C18H33I. The highest BCUT2D eigenvalue weighted by Crippen LogP contribution is 2.13. The van der Waals surface area contributed by atoms with E-state index in [4.69, 9.17) is 0 Å². The standard InChI is InChI=1S/C18H33I/c1-2-3-4-5-6-7-8-9-10-11-12-13-14-15-16-17-18-19/h2-16H2,1H3. The van der Waals surface area contributed by atoms with Gasteiger partial charge in [0.15, 0.2) is 0 Å². The Balaban J connectivity index is 2.92. The van der Waals surface area contributed by atoms with E-state index < -0.39 is 0 Å². The first-order chi connectivity index (χ1) is 9.41. The van der Waals surface area contributed by atoms with Crippen molar-refractivity contribution in [2.45, 2.75) is 103 Å². The van der Waals surface area contributed by atoms with Gasteiger partial charge in [-0.25, -0.2) is 0 Å². The van der Waals surface area contributed by atoms with Gasteiger partial charge in [-0.15, -0.1) is 0 Å². The van der Waals surface area contributed by atoms with Crippen molar-refractivity contribution in [1.82, 2.24) is 0 Å². The molecule has 0 saturated heterocycles. The molecule has 0 N–H and O–H groups in total. The molecule has 0 nitrogen and oxygen atoms in total. The zero-order valence-corrected chi connectivity index (χ0v) is 15.1. The van der Waals surface area contributed by atoms with Crippen LogP contribution in [0.4, 0.5) is 0 Å². The minimum absolute atomic E-state index is 1.10. The Morgan fingerprint density at radius 3 is 1.32 bits per heavy atom. The minimum atomic E-state index is 1.10. The van der Waals surface area contributed by atoms with Crippen LogP contribution in [0.2, 0.25) is 0 Å². The molecule has 0 heterocycles. The van der Waals surface area contributed by atoms with Crippen molar-refractivity contribution in [1.29, 1.82) is 0 Å². The first kappa shape index (κ1) is 19.3. The summed E-state index contributed by atoms with van der Waals surface area (Å²) < 4.78 is 2.93. The highest BCUT2D eigenvalue weighted by Gasteiger charge is 1.93. The molecule has 0 radical (unpaired) electrons. The maximum absolute atomic E-state index is 3.13. The zero-order chi connectivity index (χ0) is 14.0. The second kappa shape index (κ2) is 18.3. The monoisotopic (exact) mass is 376 g/mol. The van der Waals surface area contributed by atoms with Gasteiger partial charge >= 0.3 is 0 Å². The van der Waals surface area contributed by atoms with Crippen LogP contribution in [0.5, 0.6) is 0 Å². The number of halogens is 1. The van der Waals surface area contributed by atoms with E-state index in [0.717, 1.165) is 6.42 Å². The largest absolute Gasteiger partial charge is 0.0919 e. The van der Waals surface area contributed by atoms with Crippen molar-refractivity contribution in [2.75, 3.05) is 0 Å². The number of rotatable bonds is 14. The molecule has 0 amide bonds. The SMILES string of the molecule is CCCCCCCCCCCCCCCCC#CI. The predicted octanol–water partition coefficient (Wildman–Crippen LogP) is 7.25. The molecule has 0 unspecified atom stereocenters. The molecule has 0 bridgehead atoms. The third-order valence-electron chi connectivity index (χ3n) is 3.72. The van der Waals surface area contributed by atoms with Crippen LogP contribution in [0.1, 0.15) is 103 Å². The molecule has 0 aliphatic heterocycles. The van der Waals surface area contributed by atoms with Crippen LogP contribution in [0.15, 0.2) is 0 Å². The summed E-state index contributed by atoms with van der Waals surface area (Å²) in [5.74, 6) is 3.13. The lowest BCUT2D eigenvalue weighted by molar-refractivity contribution is 0.536. The third-order valence-corrected chi connectivity index (χ3v) is 4.10. The Kier molecular flexibility index (Phi) is 18.6. The van der Waals surface area contributed by atoms with Gasteiger partial charge in [-0.05, 0) is 10.3 Å². The van der Waals surface area contributed by atoms with Gasteiger partial charge in [0.05, 0.1) is 0 Å². The van der Waals surface area contributed by atoms with Gasteiger partial charge in [0, 0.05) is 29.0 Å². The molecule has 0 aromatic rings. The van der Waals surface area contributed by atoms with Gasteiger partial charge in [0.2, 0.25) is 0 Å². The van der Waals surface area contributed by atoms with Crippen molar-refractivity contribution >= 4 is 22.6 Å². The normalized spacial score (nSPS) is 10.2. The minimum Gasteiger partial charge on any atom is -0.0919 e. The van der Waals surface area contributed by atoms with Crippen molar-refractivity contribution in [2.24, 2.45) is 0 Å². The van der Waals surface area contributed by atoms with Crippen molar-refractivity contribution < 1.29 is 0 Å². The van der Waals surface area contributed by atoms with Crippen LogP contribution < -0.4 is 0 Å².